The van der Waals surface area contributed by atoms with Crippen LogP contribution in [0.15, 0.2) is 18.3 Å². The predicted molar refractivity (Wildman–Crippen MR) is 52.1 cm³/mol. The van der Waals surface area contributed by atoms with E-state index in [9.17, 15) is 9.59 Å². The van der Waals surface area contributed by atoms with E-state index in [0.717, 1.165) is 6.29 Å². The Bertz CT molecular complexity index is 374. The highest BCUT2D eigenvalue weighted by atomic mass is 16.2. The highest BCUT2D eigenvalue weighted by molar-refractivity contribution is 5.95. The molecule has 4 nitrogen and oxygen atoms in total. The third-order valence-electron chi connectivity index (χ3n) is 2.15. The van der Waals surface area contributed by atoms with Crippen LogP contribution in [0.2, 0.25) is 0 Å². The highest BCUT2D eigenvalue weighted by Crippen LogP contribution is 2.13. The average molecular weight is 193 g/mol. The Morgan fingerprint density at radius 1 is 1.57 bits per heavy atom. The third-order valence-corrected chi connectivity index (χ3v) is 2.15. The number of aryl methyl sites for hydroxylation is 1. The number of rotatable bonds is 2. The molecule has 0 aliphatic rings. The minimum atomic E-state index is -0.0979. The molecule has 0 saturated heterocycles. The van der Waals surface area contributed by atoms with Crippen LogP contribution in [-0.4, -0.2) is 19.2 Å². The monoisotopic (exact) mass is 193 g/mol. The molecule has 0 atom stereocenters. The molecule has 74 valence electrons. The second-order valence-corrected chi connectivity index (χ2v) is 3.09. The van der Waals surface area contributed by atoms with Gasteiger partial charge in [-0.2, -0.15) is 4.57 Å². The number of aldehydes is 1. The van der Waals surface area contributed by atoms with Gasteiger partial charge in [0.2, 0.25) is 12.2 Å². The number of anilines is 1. The van der Waals surface area contributed by atoms with Gasteiger partial charge in [-0.05, 0) is 6.07 Å². The van der Waals surface area contributed by atoms with Crippen molar-refractivity contribution in [3.63, 3.8) is 0 Å². The molecule has 0 unspecified atom stereocenters. The maximum atomic E-state index is 11.1. The van der Waals surface area contributed by atoms with Crippen LogP contribution in [0.3, 0.4) is 0 Å². The van der Waals surface area contributed by atoms with E-state index >= 15 is 0 Å². The van der Waals surface area contributed by atoms with Crippen LogP contribution in [-0.2, 0) is 11.8 Å². The highest BCUT2D eigenvalue weighted by Gasteiger charge is 2.17. The lowest BCUT2D eigenvalue weighted by molar-refractivity contribution is -0.672. The summed E-state index contributed by atoms with van der Waals surface area (Å²) in [5.74, 6) is -0.0979. The number of pyridine rings is 1. The quantitative estimate of drug-likeness (QED) is 0.501. The molecule has 0 spiro atoms. The van der Waals surface area contributed by atoms with Gasteiger partial charge in [-0.3, -0.25) is 9.59 Å². The van der Waals surface area contributed by atoms with Crippen molar-refractivity contribution in [3.8, 4) is 0 Å². The van der Waals surface area contributed by atoms with Crippen molar-refractivity contribution in [1.29, 1.82) is 0 Å². The van der Waals surface area contributed by atoms with Gasteiger partial charge in [0, 0.05) is 20.0 Å². The maximum Gasteiger partial charge on any atom is 0.269 e. The molecule has 4 heteroatoms. The number of carbonyl (C=O) groups is 2. The first kappa shape index (κ1) is 10.4. The fourth-order valence-electron chi connectivity index (χ4n) is 1.21. The van der Waals surface area contributed by atoms with Crippen LogP contribution in [0.5, 0.6) is 0 Å². The minimum Gasteiger partial charge on any atom is -0.310 e. The number of hydrogen-bond donors (Lipinski definition) is 0. The van der Waals surface area contributed by atoms with E-state index in [0.29, 0.717) is 11.4 Å². The van der Waals surface area contributed by atoms with Crippen LogP contribution in [0.1, 0.15) is 17.4 Å². The van der Waals surface area contributed by atoms with Crippen LogP contribution < -0.4 is 9.47 Å². The van der Waals surface area contributed by atoms with Gasteiger partial charge in [0.1, 0.15) is 12.7 Å². The Hall–Kier alpha value is -1.71. The van der Waals surface area contributed by atoms with Gasteiger partial charge in [0.15, 0.2) is 6.20 Å². The van der Waals surface area contributed by atoms with Gasteiger partial charge < -0.3 is 4.90 Å². The summed E-state index contributed by atoms with van der Waals surface area (Å²) in [6.45, 7) is 1.46. The second-order valence-electron chi connectivity index (χ2n) is 3.09. The first-order valence-electron chi connectivity index (χ1n) is 4.26. The van der Waals surface area contributed by atoms with Crippen molar-refractivity contribution in [2.24, 2.45) is 7.05 Å². The molecule has 1 aromatic heterocycles. The number of amides is 1. The van der Waals surface area contributed by atoms with Crippen molar-refractivity contribution in [2.75, 3.05) is 11.9 Å². The Morgan fingerprint density at radius 2 is 2.21 bits per heavy atom. The van der Waals surface area contributed by atoms with E-state index < -0.39 is 0 Å². The fourth-order valence-corrected chi connectivity index (χ4v) is 1.21. The summed E-state index contributed by atoms with van der Waals surface area (Å²) in [6, 6.07) is 3.53. The zero-order chi connectivity index (χ0) is 10.7. The topological polar surface area (TPSA) is 41.3 Å². The molecule has 0 N–H and O–H groups in total. The predicted octanol–water partition coefficient (Wildman–Crippen LogP) is 0.306. The molecule has 0 fully saturated rings. The molecule has 0 aliphatic carbocycles. The molecule has 0 aromatic carbocycles. The van der Waals surface area contributed by atoms with E-state index in [1.54, 1.807) is 37.0 Å². The standard InChI is InChI=1S/C10H13N2O2/c1-8(14)12(3)9-5-4-6-11(2)10(9)7-13/h4-7H,1-3H3/q+1. The summed E-state index contributed by atoms with van der Waals surface area (Å²) >= 11 is 0. The molecule has 0 bridgehead atoms. The van der Waals surface area contributed by atoms with Crippen molar-refractivity contribution < 1.29 is 14.2 Å². The zero-order valence-electron chi connectivity index (χ0n) is 8.52. The molecule has 14 heavy (non-hydrogen) atoms. The van der Waals surface area contributed by atoms with Crippen molar-refractivity contribution in [3.05, 3.63) is 24.0 Å². The van der Waals surface area contributed by atoms with Gasteiger partial charge in [-0.25, -0.2) is 0 Å². The molecule has 1 aromatic rings. The Labute approximate surface area is 82.8 Å². The SMILES string of the molecule is CC(=O)N(C)c1ccc[n+](C)c1C=O. The van der Waals surface area contributed by atoms with E-state index in [1.807, 2.05) is 0 Å². The van der Waals surface area contributed by atoms with Crippen LogP contribution in [0.4, 0.5) is 5.69 Å². The van der Waals surface area contributed by atoms with Gasteiger partial charge in [0.05, 0.1) is 0 Å². The summed E-state index contributed by atoms with van der Waals surface area (Å²) in [5, 5.41) is 0. The van der Waals surface area contributed by atoms with Crippen LogP contribution >= 0.6 is 0 Å². The lowest BCUT2D eigenvalue weighted by Crippen LogP contribution is -2.36. The van der Waals surface area contributed by atoms with Crippen molar-refractivity contribution in [2.45, 2.75) is 6.92 Å². The number of aromatic nitrogens is 1. The normalized spacial score (nSPS) is 9.64. The molecule has 0 aliphatic heterocycles. The second kappa shape index (κ2) is 4.00. The molecule has 0 radical (unpaired) electrons. The molecular weight excluding hydrogens is 180 g/mol. The van der Waals surface area contributed by atoms with E-state index in [1.165, 1.54) is 11.8 Å². The maximum absolute atomic E-state index is 11.1. The Morgan fingerprint density at radius 3 is 2.71 bits per heavy atom. The molecule has 1 heterocycles. The molecule has 0 saturated carbocycles. The van der Waals surface area contributed by atoms with Crippen molar-refractivity contribution in [1.82, 2.24) is 0 Å². The van der Waals surface area contributed by atoms with Crippen LogP contribution in [0, 0.1) is 0 Å². The van der Waals surface area contributed by atoms with Gasteiger partial charge in [-0.1, -0.05) is 0 Å². The Balaban J connectivity index is 3.26. The summed E-state index contributed by atoms with van der Waals surface area (Å²) in [5.41, 5.74) is 1.11. The Kier molecular flexibility index (Phi) is 2.96. The molecule has 1 amide bonds. The minimum absolute atomic E-state index is 0.0979. The van der Waals surface area contributed by atoms with Gasteiger partial charge in [0.25, 0.3) is 5.69 Å². The van der Waals surface area contributed by atoms with Gasteiger partial charge >= 0.3 is 0 Å². The van der Waals surface area contributed by atoms with Crippen molar-refractivity contribution >= 4 is 17.9 Å². The first-order valence-corrected chi connectivity index (χ1v) is 4.26. The molecular formula is C10H13N2O2+. The van der Waals surface area contributed by atoms with E-state index in [2.05, 4.69) is 0 Å². The lowest BCUT2D eigenvalue weighted by atomic mass is 10.2. The summed E-state index contributed by atoms with van der Waals surface area (Å²) in [4.78, 5) is 23.4. The fraction of sp³-hybridized carbons (Fsp3) is 0.300. The number of hydrogen-bond acceptors (Lipinski definition) is 2. The summed E-state index contributed by atoms with van der Waals surface area (Å²) in [7, 11) is 3.41. The smallest absolute Gasteiger partial charge is 0.269 e. The largest absolute Gasteiger partial charge is 0.310 e. The molecule has 1 rings (SSSR count). The van der Waals surface area contributed by atoms with Gasteiger partial charge in [-0.15, -0.1) is 0 Å². The number of carbonyl (C=O) groups excluding carboxylic acids is 2. The first-order chi connectivity index (χ1) is 6.57. The van der Waals surface area contributed by atoms with Crippen LogP contribution in [0.25, 0.3) is 0 Å². The summed E-state index contributed by atoms with van der Waals surface area (Å²) < 4.78 is 1.68. The zero-order valence-corrected chi connectivity index (χ0v) is 8.52. The third kappa shape index (κ3) is 1.79. The average Bonchev–Trinajstić information content (AvgIpc) is 2.16. The summed E-state index contributed by atoms with van der Waals surface area (Å²) in [6.07, 6.45) is 2.51. The van der Waals surface area contributed by atoms with E-state index in [4.69, 9.17) is 0 Å². The lowest BCUT2D eigenvalue weighted by Gasteiger charge is -2.14. The van der Waals surface area contributed by atoms with E-state index in [-0.39, 0.29) is 5.91 Å². The number of nitrogens with zero attached hydrogens (tertiary/aromatic N) is 2.